The highest BCUT2D eigenvalue weighted by Crippen LogP contribution is 2.26. The van der Waals surface area contributed by atoms with Crippen LogP contribution in [0.15, 0.2) is 52.3 Å². The number of nitrogens with one attached hydrogen (secondary N) is 1. The summed E-state index contributed by atoms with van der Waals surface area (Å²) < 4.78 is 0.984. The zero-order chi connectivity index (χ0) is 21.8. The molecule has 31 heavy (non-hydrogen) atoms. The Labute approximate surface area is 196 Å². The lowest BCUT2D eigenvalue weighted by molar-refractivity contribution is -0.115. The summed E-state index contributed by atoms with van der Waals surface area (Å²) in [5.41, 5.74) is 5.15. The van der Waals surface area contributed by atoms with Gasteiger partial charge in [-0.1, -0.05) is 40.2 Å². The molecule has 7 heteroatoms. The number of halogens is 1. The number of likely N-dealkylation sites (N-methyl/N-ethyl adjacent to an activating group) is 1. The van der Waals surface area contributed by atoms with Crippen LogP contribution in [-0.4, -0.2) is 53.9 Å². The molecule has 0 radical (unpaired) electrons. The molecule has 0 bridgehead atoms. The van der Waals surface area contributed by atoms with Crippen molar-refractivity contribution in [2.24, 2.45) is 0 Å². The van der Waals surface area contributed by atoms with E-state index < -0.39 is 0 Å². The molecular weight excluding hydrogens is 472 g/mol. The van der Waals surface area contributed by atoms with Gasteiger partial charge in [0.15, 0.2) is 0 Å². The molecule has 1 saturated heterocycles. The van der Waals surface area contributed by atoms with Crippen LogP contribution in [-0.2, 0) is 17.8 Å². The van der Waals surface area contributed by atoms with E-state index in [4.69, 9.17) is 4.98 Å². The minimum Gasteiger partial charge on any atom is -0.326 e. The number of benzene rings is 2. The molecule has 1 fully saturated rings. The van der Waals surface area contributed by atoms with Gasteiger partial charge >= 0.3 is 0 Å². The molecule has 2 aromatic carbocycles. The molecule has 0 unspecified atom stereocenters. The summed E-state index contributed by atoms with van der Waals surface area (Å²) in [5, 5.41) is 5.89. The van der Waals surface area contributed by atoms with Gasteiger partial charge in [-0.25, -0.2) is 4.98 Å². The summed E-state index contributed by atoms with van der Waals surface area (Å²) in [5.74, 6) is -0.0589. The fraction of sp³-hybridized carbons (Fsp3) is 0.333. The number of rotatable bonds is 6. The highest BCUT2D eigenvalue weighted by molar-refractivity contribution is 9.10. The maximum atomic E-state index is 12.5. The summed E-state index contributed by atoms with van der Waals surface area (Å²) in [6.07, 6.45) is 0.267. The molecule has 4 rings (SSSR count). The molecule has 1 aromatic heterocycles. The first-order valence-electron chi connectivity index (χ1n) is 10.5. The van der Waals surface area contributed by atoms with Crippen molar-refractivity contribution < 1.29 is 4.79 Å². The second-order valence-corrected chi connectivity index (χ2v) is 9.83. The monoisotopic (exact) mass is 498 g/mol. The van der Waals surface area contributed by atoms with E-state index >= 15 is 0 Å². The van der Waals surface area contributed by atoms with Crippen LogP contribution in [0.25, 0.3) is 10.6 Å². The fourth-order valence-corrected chi connectivity index (χ4v) is 4.82. The first kappa shape index (κ1) is 22.1. The van der Waals surface area contributed by atoms with Gasteiger partial charge in [0.05, 0.1) is 12.1 Å². The van der Waals surface area contributed by atoms with Gasteiger partial charge in [0.25, 0.3) is 0 Å². The van der Waals surface area contributed by atoms with Gasteiger partial charge in [0.1, 0.15) is 5.01 Å². The van der Waals surface area contributed by atoms with E-state index in [1.807, 2.05) is 30.5 Å². The van der Waals surface area contributed by atoms with Gasteiger partial charge in [-0.2, -0.15) is 0 Å². The van der Waals surface area contributed by atoms with Gasteiger partial charge in [0, 0.05) is 53.8 Å². The van der Waals surface area contributed by atoms with Crippen molar-refractivity contribution in [3.8, 4) is 10.6 Å². The lowest BCUT2D eigenvalue weighted by Crippen LogP contribution is -2.43. The standard InChI is InChI=1S/C24H27BrN4OS/c1-17-6-7-20(13-22(17)25)26-23(30)14-21-16-31-24(27-21)19-5-3-4-18(12-19)15-29-10-8-28(2)9-11-29/h3-7,12-13,16H,8-11,14-15H2,1-2H3,(H,26,30). The van der Waals surface area contributed by atoms with E-state index in [1.54, 1.807) is 11.3 Å². The number of nitrogens with zero attached hydrogens (tertiary/aromatic N) is 3. The van der Waals surface area contributed by atoms with Gasteiger partial charge in [-0.3, -0.25) is 9.69 Å². The lowest BCUT2D eigenvalue weighted by Gasteiger charge is -2.32. The molecule has 0 aliphatic carbocycles. The molecule has 162 valence electrons. The number of thiazole rings is 1. The number of hydrogen-bond donors (Lipinski definition) is 1. The molecule has 0 saturated carbocycles. The Bertz CT molecular complexity index is 1060. The van der Waals surface area contributed by atoms with Gasteiger partial charge in [-0.15, -0.1) is 11.3 Å². The summed E-state index contributed by atoms with van der Waals surface area (Å²) in [6.45, 7) is 7.44. The second kappa shape index (κ2) is 10.0. The van der Waals surface area contributed by atoms with Crippen LogP contribution in [0.1, 0.15) is 16.8 Å². The number of aryl methyl sites for hydroxylation is 1. The van der Waals surface area contributed by atoms with Crippen molar-refractivity contribution in [3.05, 3.63) is 69.1 Å². The van der Waals surface area contributed by atoms with Crippen LogP contribution in [0, 0.1) is 6.92 Å². The van der Waals surface area contributed by atoms with Crippen LogP contribution in [0.2, 0.25) is 0 Å². The summed E-state index contributed by atoms with van der Waals surface area (Å²) in [4.78, 5) is 22.0. The molecule has 0 atom stereocenters. The summed E-state index contributed by atoms with van der Waals surface area (Å²) in [7, 11) is 2.18. The fourth-order valence-electron chi connectivity index (χ4n) is 3.63. The van der Waals surface area contributed by atoms with Gasteiger partial charge in [0.2, 0.25) is 5.91 Å². The minimum atomic E-state index is -0.0589. The lowest BCUT2D eigenvalue weighted by atomic mass is 10.1. The highest BCUT2D eigenvalue weighted by atomic mass is 79.9. The van der Waals surface area contributed by atoms with Crippen molar-refractivity contribution in [1.29, 1.82) is 0 Å². The Morgan fingerprint density at radius 2 is 1.97 bits per heavy atom. The van der Waals surface area contributed by atoms with Crippen molar-refractivity contribution in [2.45, 2.75) is 19.9 Å². The molecule has 1 aliphatic heterocycles. The molecule has 2 heterocycles. The minimum absolute atomic E-state index is 0.0589. The average Bonchev–Trinajstić information content (AvgIpc) is 3.21. The Balaban J connectivity index is 1.38. The average molecular weight is 499 g/mol. The topological polar surface area (TPSA) is 48.5 Å². The van der Waals surface area contributed by atoms with Crippen LogP contribution in [0.3, 0.4) is 0 Å². The zero-order valence-corrected chi connectivity index (χ0v) is 20.3. The Morgan fingerprint density at radius 1 is 1.16 bits per heavy atom. The molecular formula is C24H27BrN4OS. The van der Waals surface area contributed by atoms with E-state index in [-0.39, 0.29) is 12.3 Å². The smallest absolute Gasteiger partial charge is 0.230 e. The number of anilines is 1. The number of hydrogen-bond acceptors (Lipinski definition) is 5. The maximum absolute atomic E-state index is 12.5. The van der Waals surface area contributed by atoms with Crippen molar-refractivity contribution >= 4 is 38.9 Å². The molecule has 5 nitrogen and oxygen atoms in total. The van der Waals surface area contributed by atoms with Gasteiger partial charge < -0.3 is 10.2 Å². The summed E-state index contributed by atoms with van der Waals surface area (Å²) >= 11 is 5.10. The number of carbonyl (C=O) groups is 1. The Morgan fingerprint density at radius 3 is 2.74 bits per heavy atom. The predicted octanol–water partition coefficient (Wildman–Crippen LogP) is 4.81. The van der Waals surface area contributed by atoms with E-state index in [0.717, 1.165) is 64.7 Å². The number of amides is 1. The summed E-state index contributed by atoms with van der Waals surface area (Å²) in [6, 6.07) is 14.4. The van der Waals surface area contributed by atoms with E-state index in [0.29, 0.717) is 0 Å². The third-order valence-electron chi connectivity index (χ3n) is 5.53. The largest absolute Gasteiger partial charge is 0.326 e. The first-order chi connectivity index (χ1) is 15.0. The van der Waals surface area contributed by atoms with Crippen LogP contribution < -0.4 is 5.32 Å². The third kappa shape index (κ3) is 6.01. The molecule has 3 aromatic rings. The van der Waals surface area contributed by atoms with Crippen molar-refractivity contribution in [2.75, 3.05) is 38.5 Å². The second-order valence-electron chi connectivity index (χ2n) is 8.11. The van der Waals surface area contributed by atoms with Crippen LogP contribution >= 0.6 is 27.3 Å². The van der Waals surface area contributed by atoms with Crippen LogP contribution in [0.5, 0.6) is 0 Å². The highest BCUT2D eigenvalue weighted by Gasteiger charge is 2.15. The quantitative estimate of drug-likeness (QED) is 0.529. The van der Waals surface area contributed by atoms with E-state index in [1.165, 1.54) is 5.56 Å². The number of carbonyl (C=O) groups excluding carboxylic acids is 1. The first-order valence-corrected chi connectivity index (χ1v) is 12.1. The normalized spacial score (nSPS) is 15.2. The van der Waals surface area contributed by atoms with Gasteiger partial charge in [-0.05, 0) is 43.3 Å². The SMILES string of the molecule is Cc1ccc(NC(=O)Cc2csc(-c3cccc(CN4CCN(C)CC4)c3)n2)cc1Br. The predicted molar refractivity (Wildman–Crippen MR) is 132 cm³/mol. The van der Waals surface area contributed by atoms with E-state index in [2.05, 4.69) is 62.4 Å². The van der Waals surface area contributed by atoms with Crippen molar-refractivity contribution in [3.63, 3.8) is 0 Å². The van der Waals surface area contributed by atoms with E-state index in [9.17, 15) is 4.79 Å². The molecule has 1 aliphatic rings. The van der Waals surface area contributed by atoms with Crippen molar-refractivity contribution in [1.82, 2.24) is 14.8 Å². The number of piperazine rings is 1. The maximum Gasteiger partial charge on any atom is 0.230 e. The Hall–Kier alpha value is -2.06. The van der Waals surface area contributed by atoms with Crippen LogP contribution in [0.4, 0.5) is 5.69 Å². The molecule has 0 spiro atoms. The zero-order valence-electron chi connectivity index (χ0n) is 17.9. The molecule has 1 amide bonds. The number of aromatic nitrogens is 1. The molecule has 1 N–H and O–H groups in total. The Kier molecular flexibility index (Phi) is 7.17. The third-order valence-corrected chi connectivity index (χ3v) is 7.32.